The van der Waals surface area contributed by atoms with Crippen LogP contribution in [-0.2, 0) is 0 Å². The summed E-state index contributed by atoms with van der Waals surface area (Å²) in [6, 6.07) is 15.4. The Kier molecular flexibility index (Phi) is 4.23. The summed E-state index contributed by atoms with van der Waals surface area (Å²) in [6.45, 7) is 6.70. The summed E-state index contributed by atoms with van der Waals surface area (Å²) in [5.74, 6) is 0. The van der Waals surface area contributed by atoms with Gasteiger partial charge in [0.1, 0.15) is 10.4 Å². The number of nitrogens with one attached hydrogen (secondary N) is 1. The van der Waals surface area contributed by atoms with Crippen molar-refractivity contribution < 1.29 is 0 Å². The Hall–Kier alpha value is -1.94. The highest BCUT2D eigenvalue weighted by molar-refractivity contribution is 8.14. The third-order valence-electron chi connectivity index (χ3n) is 4.82. The lowest BCUT2D eigenvalue weighted by molar-refractivity contribution is 0.739. The number of aryl methyl sites for hydroxylation is 2. The number of thioether (sulfide) groups is 1. The summed E-state index contributed by atoms with van der Waals surface area (Å²) in [5, 5.41) is 5.83. The fourth-order valence-corrected chi connectivity index (χ4v) is 4.47. The lowest BCUT2D eigenvalue weighted by atomic mass is 10.1. The van der Waals surface area contributed by atoms with Crippen molar-refractivity contribution in [3.8, 4) is 0 Å². The molecule has 24 heavy (non-hydrogen) atoms. The molecule has 124 valence electrons. The van der Waals surface area contributed by atoms with Crippen molar-refractivity contribution in [3.05, 3.63) is 64.7 Å². The second-order valence-corrected chi connectivity index (χ2v) is 7.74. The largest absolute Gasteiger partial charge is 0.372 e. The molecule has 2 aromatic carbocycles. The van der Waals surface area contributed by atoms with Gasteiger partial charge in [0.25, 0.3) is 0 Å². The second-order valence-electron chi connectivity index (χ2n) is 6.65. The number of hydrazone groups is 1. The van der Waals surface area contributed by atoms with Gasteiger partial charge in [-0.05, 0) is 49.9 Å². The molecule has 0 aliphatic carbocycles. The van der Waals surface area contributed by atoms with Crippen molar-refractivity contribution in [3.63, 3.8) is 0 Å². The van der Waals surface area contributed by atoms with Crippen LogP contribution >= 0.6 is 11.8 Å². The number of nitrogens with zero attached hydrogens (tertiary/aromatic N) is 2. The van der Waals surface area contributed by atoms with Crippen LogP contribution in [0.4, 0.5) is 5.69 Å². The highest BCUT2D eigenvalue weighted by atomic mass is 32.2. The molecule has 2 heterocycles. The SMILES string of the molecule is Cc1ccc(C2=NNC(c3ccc(N4CCCC4)cc3C)S2)cc1. The fourth-order valence-electron chi connectivity index (χ4n) is 3.37. The minimum atomic E-state index is 0.203. The molecule has 1 unspecified atom stereocenters. The standard InChI is InChI=1S/C20H23N3S/c1-14-5-7-16(8-6-14)19-21-22-20(24-19)18-10-9-17(13-15(18)2)23-11-3-4-12-23/h5-10,13,20,22H,3-4,11-12H2,1-2H3. The molecule has 2 aliphatic heterocycles. The van der Waals surface area contributed by atoms with Crippen LogP contribution < -0.4 is 10.3 Å². The van der Waals surface area contributed by atoms with E-state index in [1.165, 1.54) is 53.9 Å². The Bertz CT molecular complexity index is 761. The van der Waals surface area contributed by atoms with E-state index in [9.17, 15) is 0 Å². The predicted octanol–water partition coefficient (Wildman–Crippen LogP) is 4.60. The first kappa shape index (κ1) is 15.6. The molecule has 3 nitrogen and oxygen atoms in total. The van der Waals surface area contributed by atoms with Crippen molar-refractivity contribution >= 4 is 22.5 Å². The molecule has 0 bridgehead atoms. The van der Waals surface area contributed by atoms with Crippen LogP contribution in [0.15, 0.2) is 47.6 Å². The minimum Gasteiger partial charge on any atom is -0.372 e. The summed E-state index contributed by atoms with van der Waals surface area (Å²) in [4.78, 5) is 2.49. The van der Waals surface area contributed by atoms with Crippen LogP contribution in [0.25, 0.3) is 0 Å². The first-order valence-corrected chi connectivity index (χ1v) is 9.51. The van der Waals surface area contributed by atoms with Gasteiger partial charge in [0.05, 0.1) is 0 Å². The monoisotopic (exact) mass is 337 g/mol. The molecule has 1 atom stereocenters. The van der Waals surface area contributed by atoms with Gasteiger partial charge in [-0.25, -0.2) is 0 Å². The second kappa shape index (κ2) is 6.52. The Morgan fingerprint density at radius 2 is 1.79 bits per heavy atom. The van der Waals surface area contributed by atoms with Gasteiger partial charge >= 0.3 is 0 Å². The van der Waals surface area contributed by atoms with Crippen LogP contribution in [-0.4, -0.2) is 18.1 Å². The number of rotatable bonds is 3. The van der Waals surface area contributed by atoms with Crippen molar-refractivity contribution in [1.29, 1.82) is 0 Å². The van der Waals surface area contributed by atoms with Crippen LogP contribution in [0.3, 0.4) is 0 Å². The van der Waals surface area contributed by atoms with E-state index in [1.807, 2.05) is 0 Å². The molecule has 0 aromatic heterocycles. The third-order valence-corrected chi connectivity index (χ3v) is 5.96. The molecule has 0 spiro atoms. The highest BCUT2D eigenvalue weighted by Crippen LogP contribution is 2.37. The molecule has 0 amide bonds. The highest BCUT2D eigenvalue weighted by Gasteiger charge is 2.24. The summed E-state index contributed by atoms with van der Waals surface area (Å²) in [7, 11) is 0. The number of hydrogen-bond donors (Lipinski definition) is 1. The molecule has 1 fully saturated rings. The molecule has 4 heteroatoms. The summed E-state index contributed by atoms with van der Waals surface area (Å²) in [6.07, 6.45) is 2.63. The Morgan fingerprint density at radius 3 is 2.50 bits per heavy atom. The first-order valence-electron chi connectivity index (χ1n) is 8.63. The van der Waals surface area contributed by atoms with Gasteiger partial charge < -0.3 is 4.90 Å². The van der Waals surface area contributed by atoms with Gasteiger partial charge in [-0.3, -0.25) is 5.43 Å². The minimum absolute atomic E-state index is 0.203. The normalized spacial score (nSPS) is 20.2. The van der Waals surface area contributed by atoms with Gasteiger partial charge in [0, 0.05) is 24.3 Å². The molecule has 0 radical (unpaired) electrons. The predicted molar refractivity (Wildman–Crippen MR) is 104 cm³/mol. The number of benzene rings is 2. The van der Waals surface area contributed by atoms with Gasteiger partial charge in [0.2, 0.25) is 0 Å². The molecule has 2 aromatic rings. The van der Waals surface area contributed by atoms with E-state index in [0.717, 1.165) is 5.04 Å². The molecule has 1 saturated heterocycles. The maximum Gasteiger partial charge on any atom is 0.126 e. The zero-order valence-electron chi connectivity index (χ0n) is 14.2. The smallest absolute Gasteiger partial charge is 0.126 e. The van der Waals surface area contributed by atoms with E-state index < -0.39 is 0 Å². The lowest BCUT2D eigenvalue weighted by Gasteiger charge is -2.20. The van der Waals surface area contributed by atoms with E-state index >= 15 is 0 Å². The Morgan fingerprint density at radius 1 is 1.04 bits per heavy atom. The maximum atomic E-state index is 4.55. The first-order chi connectivity index (χ1) is 11.7. The summed E-state index contributed by atoms with van der Waals surface area (Å²) < 4.78 is 0. The molecular weight excluding hydrogens is 314 g/mol. The van der Waals surface area contributed by atoms with E-state index in [0.29, 0.717) is 0 Å². The maximum absolute atomic E-state index is 4.55. The average molecular weight is 337 g/mol. The van der Waals surface area contributed by atoms with Crippen LogP contribution in [0.2, 0.25) is 0 Å². The van der Waals surface area contributed by atoms with E-state index in [-0.39, 0.29) is 5.37 Å². The summed E-state index contributed by atoms with van der Waals surface area (Å²) in [5.41, 5.74) is 9.79. The number of hydrogen-bond acceptors (Lipinski definition) is 4. The Labute approximate surface area is 148 Å². The topological polar surface area (TPSA) is 27.6 Å². The van der Waals surface area contributed by atoms with Crippen LogP contribution in [0.5, 0.6) is 0 Å². The zero-order valence-corrected chi connectivity index (χ0v) is 15.1. The number of anilines is 1. The van der Waals surface area contributed by atoms with Gasteiger partial charge in [-0.15, -0.1) is 0 Å². The molecular formula is C20H23N3S. The zero-order chi connectivity index (χ0) is 16.5. The van der Waals surface area contributed by atoms with Crippen molar-refractivity contribution in [1.82, 2.24) is 5.43 Å². The molecule has 0 saturated carbocycles. The lowest BCUT2D eigenvalue weighted by Crippen LogP contribution is -2.18. The van der Waals surface area contributed by atoms with Gasteiger partial charge in [0.15, 0.2) is 0 Å². The molecule has 1 N–H and O–H groups in total. The Balaban J connectivity index is 1.50. The van der Waals surface area contributed by atoms with Crippen LogP contribution in [0.1, 0.15) is 40.5 Å². The van der Waals surface area contributed by atoms with Crippen molar-refractivity contribution in [2.75, 3.05) is 18.0 Å². The van der Waals surface area contributed by atoms with Crippen molar-refractivity contribution in [2.45, 2.75) is 32.1 Å². The quantitative estimate of drug-likeness (QED) is 0.887. The van der Waals surface area contributed by atoms with E-state index in [2.05, 4.69) is 71.7 Å². The fraction of sp³-hybridized carbons (Fsp3) is 0.350. The third kappa shape index (κ3) is 3.03. The van der Waals surface area contributed by atoms with Crippen molar-refractivity contribution in [2.24, 2.45) is 5.10 Å². The van der Waals surface area contributed by atoms with E-state index in [1.54, 1.807) is 11.8 Å². The summed E-state index contributed by atoms with van der Waals surface area (Å²) >= 11 is 1.80. The molecule has 4 rings (SSSR count). The van der Waals surface area contributed by atoms with Crippen LogP contribution in [0, 0.1) is 13.8 Å². The van der Waals surface area contributed by atoms with Gasteiger partial charge in [-0.1, -0.05) is 47.7 Å². The van der Waals surface area contributed by atoms with E-state index in [4.69, 9.17) is 0 Å². The molecule has 2 aliphatic rings. The average Bonchev–Trinajstić information content (AvgIpc) is 3.27. The van der Waals surface area contributed by atoms with Gasteiger partial charge in [-0.2, -0.15) is 5.10 Å².